The van der Waals surface area contributed by atoms with E-state index in [1.165, 1.54) is 12.1 Å². The average Bonchev–Trinajstić information content (AvgIpc) is 2.38. The maximum Gasteiger partial charge on any atom is 0.335 e. The zero-order valence-corrected chi connectivity index (χ0v) is 10.5. The number of ether oxygens (including phenoxy) is 1. The second kappa shape index (κ2) is 7.38. The molecule has 19 heavy (non-hydrogen) atoms. The number of rotatable bonds is 8. The fourth-order valence-electron chi connectivity index (χ4n) is 1.54. The highest BCUT2D eigenvalue weighted by Gasteiger charge is 2.11. The molecule has 1 aromatic rings. The first kappa shape index (κ1) is 15.0. The molecule has 6 heteroatoms. The zero-order chi connectivity index (χ0) is 14.3. The van der Waals surface area contributed by atoms with Crippen LogP contribution in [0.4, 0.5) is 0 Å². The first-order valence-electron chi connectivity index (χ1n) is 5.99. The number of nitrogens with two attached hydrogens (primary N) is 1. The Kier molecular flexibility index (Phi) is 5.81. The Bertz CT molecular complexity index is 426. The molecule has 0 aromatic heterocycles. The van der Waals surface area contributed by atoms with Crippen LogP contribution in [0.25, 0.3) is 0 Å². The third kappa shape index (κ3) is 4.97. The fraction of sp³-hybridized carbons (Fsp3) is 0.385. The number of hydrogen-bond acceptors (Lipinski definition) is 4. The van der Waals surface area contributed by atoms with E-state index in [9.17, 15) is 9.59 Å². The van der Waals surface area contributed by atoms with Gasteiger partial charge < -0.3 is 20.7 Å². The molecule has 0 aliphatic carbocycles. The summed E-state index contributed by atoms with van der Waals surface area (Å²) in [6.07, 6.45) is 2.61. The highest BCUT2D eigenvalue weighted by molar-refractivity contribution is 5.94. The number of carboxylic acid groups (broad SMARTS) is 2. The molecule has 0 saturated heterocycles. The summed E-state index contributed by atoms with van der Waals surface area (Å²) in [6.45, 7) is 1.03. The van der Waals surface area contributed by atoms with Gasteiger partial charge in [0.15, 0.2) is 0 Å². The lowest BCUT2D eigenvalue weighted by Crippen LogP contribution is -2.05. The summed E-state index contributed by atoms with van der Waals surface area (Å²) in [5.41, 5.74) is 5.16. The molecular weight excluding hydrogens is 250 g/mol. The Labute approximate surface area is 110 Å². The zero-order valence-electron chi connectivity index (χ0n) is 10.5. The number of unbranched alkanes of at least 4 members (excludes halogenated alkanes) is 2. The van der Waals surface area contributed by atoms with Gasteiger partial charge in [0, 0.05) is 0 Å². The van der Waals surface area contributed by atoms with Crippen LogP contribution < -0.4 is 10.5 Å². The van der Waals surface area contributed by atoms with Gasteiger partial charge in [-0.15, -0.1) is 0 Å². The minimum Gasteiger partial charge on any atom is -0.494 e. The van der Waals surface area contributed by atoms with E-state index in [1.54, 1.807) is 0 Å². The van der Waals surface area contributed by atoms with Crippen LogP contribution in [0, 0.1) is 0 Å². The second-order valence-corrected chi connectivity index (χ2v) is 4.05. The largest absolute Gasteiger partial charge is 0.494 e. The normalized spacial score (nSPS) is 10.2. The second-order valence-electron chi connectivity index (χ2n) is 4.05. The Morgan fingerprint density at radius 2 is 1.58 bits per heavy atom. The van der Waals surface area contributed by atoms with Crippen LogP contribution in [0.3, 0.4) is 0 Å². The third-order valence-electron chi connectivity index (χ3n) is 2.52. The van der Waals surface area contributed by atoms with Crippen molar-refractivity contribution in [2.75, 3.05) is 13.2 Å². The highest BCUT2D eigenvalue weighted by atomic mass is 16.5. The summed E-state index contributed by atoms with van der Waals surface area (Å²) in [7, 11) is 0. The van der Waals surface area contributed by atoms with E-state index in [4.69, 9.17) is 20.7 Å². The van der Waals surface area contributed by atoms with Crippen LogP contribution in [0.1, 0.15) is 40.0 Å². The van der Waals surface area contributed by atoms with Crippen LogP contribution in [-0.4, -0.2) is 35.3 Å². The molecule has 0 unspecified atom stereocenters. The molecule has 1 rings (SSSR count). The standard InChI is InChI=1S/C13H17NO5/c14-4-2-1-3-5-19-11-7-9(12(15)16)6-10(8-11)13(17)18/h6-8H,1-5,14H2,(H,15,16)(H,17,18). The molecule has 1 aromatic carbocycles. The topological polar surface area (TPSA) is 110 Å². The highest BCUT2D eigenvalue weighted by Crippen LogP contribution is 2.18. The van der Waals surface area contributed by atoms with Gasteiger partial charge in [0.05, 0.1) is 17.7 Å². The first-order valence-corrected chi connectivity index (χ1v) is 5.99. The lowest BCUT2D eigenvalue weighted by Gasteiger charge is -2.08. The number of benzene rings is 1. The predicted molar refractivity (Wildman–Crippen MR) is 68.8 cm³/mol. The molecule has 0 heterocycles. The quantitative estimate of drug-likeness (QED) is 0.617. The summed E-state index contributed by atoms with van der Waals surface area (Å²) in [6, 6.07) is 3.74. The van der Waals surface area contributed by atoms with Crippen molar-refractivity contribution in [2.24, 2.45) is 5.73 Å². The van der Waals surface area contributed by atoms with Gasteiger partial charge in [-0.05, 0) is 44.0 Å². The van der Waals surface area contributed by atoms with Crippen LogP contribution in [-0.2, 0) is 0 Å². The van der Waals surface area contributed by atoms with Gasteiger partial charge in [0.25, 0.3) is 0 Å². The van der Waals surface area contributed by atoms with Gasteiger partial charge in [0.1, 0.15) is 5.75 Å². The van der Waals surface area contributed by atoms with Crippen molar-refractivity contribution in [3.05, 3.63) is 29.3 Å². The van der Waals surface area contributed by atoms with Gasteiger partial charge in [-0.1, -0.05) is 0 Å². The molecule has 4 N–H and O–H groups in total. The Morgan fingerprint density at radius 3 is 2.05 bits per heavy atom. The summed E-state index contributed by atoms with van der Waals surface area (Å²) < 4.78 is 5.37. The molecule has 0 bridgehead atoms. The van der Waals surface area contributed by atoms with Gasteiger partial charge in [-0.2, -0.15) is 0 Å². The molecule has 0 saturated carbocycles. The molecule has 104 valence electrons. The summed E-state index contributed by atoms with van der Waals surface area (Å²) >= 11 is 0. The van der Waals surface area contributed by atoms with Crippen molar-refractivity contribution in [1.82, 2.24) is 0 Å². The SMILES string of the molecule is NCCCCCOc1cc(C(=O)O)cc(C(=O)O)c1. The van der Waals surface area contributed by atoms with E-state index in [-0.39, 0.29) is 16.9 Å². The molecule has 0 amide bonds. The maximum atomic E-state index is 10.9. The summed E-state index contributed by atoms with van der Waals surface area (Å²) in [5, 5.41) is 17.8. The van der Waals surface area contributed by atoms with Crippen molar-refractivity contribution in [1.29, 1.82) is 0 Å². The minimum atomic E-state index is -1.18. The Hall–Kier alpha value is -2.08. The smallest absolute Gasteiger partial charge is 0.335 e. The number of carbonyl (C=O) groups is 2. The Morgan fingerprint density at radius 1 is 1.00 bits per heavy atom. The molecule has 0 fully saturated rings. The van der Waals surface area contributed by atoms with E-state index < -0.39 is 11.9 Å². The number of carboxylic acids is 2. The lowest BCUT2D eigenvalue weighted by molar-refractivity contribution is 0.0696. The van der Waals surface area contributed by atoms with Crippen molar-refractivity contribution in [3.63, 3.8) is 0 Å². The average molecular weight is 267 g/mol. The van der Waals surface area contributed by atoms with E-state index in [0.717, 1.165) is 25.3 Å². The van der Waals surface area contributed by atoms with Gasteiger partial charge in [-0.25, -0.2) is 9.59 Å². The van der Waals surface area contributed by atoms with Crippen molar-refractivity contribution >= 4 is 11.9 Å². The van der Waals surface area contributed by atoms with E-state index in [0.29, 0.717) is 13.2 Å². The lowest BCUT2D eigenvalue weighted by atomic mass is 10.1. The molecular formula is C13H17NO5. The molecule has 0 spiro atoms. The first-order chi connectivity index (χ1) is 9.04. The summed E-state index contributed by atoms with van der Waals surface area (Å²) in [5.74, 6) is -2.11. The van der Waals surface area contributed by atoms with Gasteiger partial charge >= 0.3 is 11.9 Å². The van der Waals surface area contributed by atoms with E-state index in [1.807, 2.05) is 0 Å². The monoisotopic (exact) mass is 267 g/mol. The molecule has 6 nitrogen and oxygen atoms in total. The summed E-state index contributed by atoms with van der Waals surface area (Å²) in [4.78, 5) is 21.8. The molecule has 0 atom stereocenters. The van der Waals surface area contributed by atoms with E-state index >= 15 is 0 Å². The number of aromatic carboxylic acids is 2. The maximum absolute atomic E-state index is 10.9. The van der Waals surface area contributed by atoms with Crippen molar-refractivity contribution in [3.8, 4) is 5.75 Å². The predicted octanol–water partition coefficient (Wildman–Crippen LogP) is 1.59. The van der Waals surface area contributed by atoms with Gasteiger partial charge in [0.2, 0.25) is 0 Å². The Balaban J connectivity index is 2.71. The van der Waals surface area contributed by atoms with Crippen molar-refractivity contribution in [2.45, 2.75) is 19.3 Å². The molecule has 0 radical (unpaired) electrons. The third-order valence-corrected chi connectivity index (χ3v) is 2.52. The van der Waals surface area contributed by atoms with Crippen molar-refractivity contribution < 1.29 is 24.5 Å². The fourth-order valence-corrected chi connectivity index (χ4v) is 1.54. The van der Waals surface area contributed by atoms with Crippen LogP contribution in [0.2, 0.25) is 0 Å². The van der Waals surface area contributed by atoms with Gasteiger partial charge in [-0.3, -0.25) is 0 Å². The van der Waals surface area contributed by atoms with Crippen LogP contribution in [0.15, 0.2) is 18.2 Å². The van der Waals surface area contributed by atoms with E-state index in [2.05, 4.69) is 0 Å². The molecule has 0 aliphatic rings. The molecule has 0 aliphatic heterocycles. The minimum absolute atomic E-state index is 0.100. The van der Waals surface area contributed by atoms with Crippen LogP contribution >= 0.6 is 0 Å². The van der Waals surface area contributed by atoms with Crippen LogP contribution in [0.5, 0.6) is 5.75 Å². The number of hydrogen-bond donors (Lipinski definition) is 3.